The van der Waals surface area contributed by atoms with Gasteiger partial charge in [0.1, 0.15) is 6.29 Å². The number of likely N-dealkylation sites (tertiary alicyclic amines) is 1. The predicted octanol–water partition coefficient (Wildman–Crippen LogP) is 0.216. The average molecular weight is 183 g/mol. The van der Waals surface area contributed by atoms with Crippen molar-refractivity contribution in [3.8, 4) is 0 Å². The van der Waals surface area contributed by atoms with Gasteiger partial charge >= 0.3 is 0 Å². The van der Waals surface area contributed by atoms with Crippen molar-refractivity contribution in [2.24, 2.45) is 11.3 Å². The Kier molecular flexibility index (Phi) is 2.24. The molecule has 0 aromatic heterocycles. The Balaban J connectivity index is 2.92. The van der Waals surface area contributed by atoms with Crippen LogP contribution in [0.5, 0.6) is 0 Å². The monoisotopic (exact) mass is 183 g/mol. The van der Waals surface area contributed by atoms with Gasteiger partial charge in [0.15, 0.2) is 0 Å². The lowest BCUT2D eigenvalue weighted by molar-refractivity contribution is -0.140. The smallest absolute Gasteiger partial charge is 0.233 e. The van der Waals surface area contributed by atoms with Gasteiger partial charge in [-0.2, -0.15) is 0 Å². The van der Waals surface area contributed by atoms with E-state index < -0.39 is 11.3 Å². The van der Waals surface area contributed by atoms with Crippen molar-refractivity contribution in [1.29, 1.82) is 0 Å². The molecule has 4 heteroatoms. The van der Waals surface area contributed by atoms with Crippen molar-refractivity contribution >= 4 is 18.1 Å². The Morgan fingerprint density at radius 1 is 1.46 bits per heavy atom. The Morgan fingerprint density at radius 3 is 2.31 bits per heavy atom. The van der Waals surface area contributed by atoms with Gasteiger partial charge in [-0.25, -0.2) is 0 Å². The minimum absolute atomic E-state index is 0.154. The third kappa shape index (κ3) is 1.48. The molecular weight excluding hydrogens is 170 g/mol. The van der Waals surface area contributed by atoms with Gasteiger partial charge in [-0.15, -0.1) is 0 Å². The van der Waals surface area contributed by atoms with E-state index in [0.717, 1.165) is 11.2 Å². The average Bonchev–Trinajstić information content (AvgIpc) is 2.33. The Morgan fingerprint density at radius 2 is 2.00 bits per heavy atom. The number of amides is 2. The van der Waals surface area contributed by atoms with Crippen LogP contribution in [0, 0.1) is 11.3 Å². The Bertz CT molecular complexity index is 270. The van der Waals surface area contributed by atoms with E-state index in [2.05, 4.69) is 0 Å². The van der Waals surface area contributed by atoms with E-state index in [9.17, 15) is 14.4 Å². The van der Waals surface area contributed by atoms with Gasteiger partial charge in [-0.1, -0.05) is 13.8 Å². The van der Waals surface area contributed by atoms with Crippen LogP contribution in [0.4, 0.5) is 0 Å². The molecule has 0 radical (unpaired) electrons. The van der Waals surface area contributed by atoms with Crippen molar-refractivity contribution in [2.45, 2.75) is 20.3 Å². The second kappa shape index (κ2) is 2.94. The molecule has 0 aliphatic carbocycles. The van der Waals surface area contributed by atoms with Crippen LogP contribution in [0.2, 0.25) is 0 Å². The fourth-order valence-electron chi connectivity index (χ4n) is 1.42. The molecule has 0 aromatic rings. The van der Waals surface area contributed by atoms with Crippen LogP contribution in [0.15, 0.2) is 0 Å². The Hall–Kier alpha value is -1.19. The summed E-state index contributed by atoms with van der Waals surface area (Å²) in [6.45, 7) is 3.35. The van der Waals surface area contributed by atoms with E-state index in [1.54, 1.807) is 13.8 Å². The molecule has 0 N–H and O–H groups in total. The van der Waals surface area contributed by atoms with Gasteiger partial charge in [0.05, 0.1) is 5.92 Å². The number of carbonyl (C=O) groups excluding carboxylic acids is 3. The van der Waals surface area contributed by atoms with Crippen molar-refractivity contribution in [3.63, 3.8) is 0 Å². The second-order valence-corrected chi connectivity index (χ2v) is 3.99. The minimum Gasteiger partial charge on any atom is -0.303 e. The minimum atomic E-state index is -0.739. The molecule has 1 fully saturated rings. The van der Waals surface area contributed by atoms with Crippen LogP contribution in [-0.4, -0.2) is 30.0 Å². The maximum atomic E-state index is 11.5. The molecule has 1 heterocycles. The van der Waals surface area contributed by atoms with Crippen molar-refractivity contribution < 1.29 is 14.4 Å². The molecule has 1 rings (SSSR count). The van der Waals surface area contributed by atoms with E-state index in [1.807, 2.05) is 0 Å². The largest absolute Gasteiger partial charge is 0.303 e. The molecule has 4 nitrogen and oxygen atoms in total. The number of aldehydes is 1. The molecule has 1 saturated heterocycles. The summed E-state index contributed by atoms with van der Waals surface area (Å²) in [5.74, 6) is -0.936. The van der Waals surface area contributed by atoms with Gasteiger partial charge < -0.3 is 4.79 Å². The summed E-state index contributed by atoms with van der Waals surface area (Å²) in [7, 11) is 1.45. The molecule has 0 unspecified atom stereocenters. The number of imide groups is 1. The first-order chi connectivity index (χ1) is 5.90. The lowest BCUT2D eigenvalue weighted by Gasteiger charge is -2.22. The molecule has 72 valence electrons. The summed E-state index contributed by atoms with van der Waals surface area (Å²) >= 11 is 0. The van der Waals surface area contributed by atoms with Crippen LogP contribution in [0.1, 0.15) is 20.3 Å². The number of carbonyl (C=O) groups is 3. The fraction of sp³-hybridized carbons (Fsp3) is 0.667. The van der Waals surface area contributed by atoms with Gasteiger partial charge in [0, 0.05) is 18.9 Å². The highest BCUT2D eigenvalue weighted by Gasteiger charge is 2.44. The fourth-order valence-corrected chi connectivity index (χ4v) is 1.42. The lowest BCUT2D eigenvalue weighted by atomic mass is 9.79. The van der Waals surface area contributed by atoms with Gasteiger partial charge in [0.25, 0.3) is 0 Å². The topological polar surface area (TPSA) is 54.5 Å². The van der Waals surface area contributed by atoms with E-state index in [4.69, 9.17) is 0 Å². The quantitative estimate of drug-likeness (QED) is 0.454. The lowest BCUT2D eigenvalue weighted by Crippen LogP contribution is -2.33. The highest BCUT2D eigenvalue weighted by molar-refractivity contribution is 6.04. The van der Waals surface area contributed by atoms with Crippen LogP contribution in [-0.2, 0) is 14.4 Å². The third-order valence-corrected chi connectivity index (χ3v) is 2.58. The number of hydrogen-bond donors (Lipinski definition) is 0. The SMILES string of the molecule is CN1C(=O)C[C@H](C(C)(C)C=O)C1=O. The highest BCUT2D eigenvalue weighted by Crippen LogP contribution is 2.33. The van der Waals surface area contributed by atoms with Crippen molar-refractivity contribution in [2.75, 3.05) is 7.05 Å². The van der Waals surface area contributed by atoms with Crippen LogP contribution in [0.25, 0.3) is 0 Å². The summed E-state index contributed by atoms with van der Waals surface area (Å²) in [6.07, 6.45) is 0.892. The summed E-state index contributed by atoms with van der Waals surface area (Å²) in [6, 6.07) is 0. The summed E-state index contributed by atoms with van der Waals surface area (Å²) in [5, 5.41) is 0. The molecule has 1 aliphatic rings. The van der Waals surface area contributed by atoms with E-state index in [1.165, 1.54) is 7.05 Å². The normalized spacial score (nSPS) is 23.9. The van der Waals surface area contributed by atoms with Crippen LogP contribution < -0.4 is 0 Å². The standard InChI is InChI=1S/C9H13NO3/c1-9(2,5-11)6-4-7(12)10(3)8(6)13/h5-6H,4H2,1-3H3/t6-/m0/s1. The molecule has 1 atom stereocenters. The van der Waals surface area contributed by atoms with E-state index >= 15 is 0 Å². The second-order valence-electron chi connectivity index (χ2n) is 3.99. The summed E-state index contributed by atoms with van der Waals surface area (Å²) in [4.78, 5) is 34.4. The summed E-state index contributed by atoms with van der Waals surface area (Å²) in [5.41, 5.74) is -0.739. The van der Waals surface area contributed by atoms with Crippen LogP contribution in [0.3, 0.4) is 0 Å². The van der Waals surface area contributed by atoms with Crippen molar-refractivity contribution in [1.82, 2.24) is 4.90 Å². The summed E-state index contributed by atoms with van der Waals surface area (Å²) < 4.78 is 0. The highest BCUT2D eigenvalue weighted by atomic mass is 16.2. The zero-order chi connectivity index (χ0) is 10.2. The number of nitrogens with zero attached hydrogens (tertiary/aromatic N) is 1. The molecule has 0 saturated carbocycles. The maximum Gasteiger partial charge on any atom is 0.233 e. The van der Waals surface area contributed by atoms with Gasteiger partial charge in [0.2, 0.25) is 11.8 Å². The van der Waals surface area contributed by atoms with Gasteiger partial charge in [-0.05, 0) is 0 Å². The number of rotatable bonds is 2. The first-order valence-electron chi connectivity index (χ1n) is 4.17. The first-order valence-corrected chi connectivity index (χ1v) is 4.17. The predicted molar refractivity (Wildman–Crippen MR) is 45.7 cm³/mol. The first kappa shape index (κ1) is 9.89. The zero-order valence-corrected chi connectivity index (χ0v) is 8.03. The van der Waals surface area contributed by atoms with E-state index in [-0.39, 0.29) is 18.2 Å². The molecule has 0 spiro atoms. The molecule has 2 amide bonds. The zero-order valence-electron chi connectivity index (χ0n) is 8.03. The molecular formula is C9H13NO3. The van der Waals surface area contributed by atoms with Crippen molar-refractivity contribution in [3.05, 3.63) is 0 Å². The number of hydrogen-bond acceptors (Lipinski definition) is 3. The maximum absolute atomic E-state index is 11.5. The molecule has 0 bridgehead atoms. The molecule has 13 heavy (non-hydrogen) atoms. The Labute approximate surface area is 76.9 Å². The van der Waals surface area contributed by atoms with Gasteiger partial charge in [-0.3, -0.25) is 14.5 Å². The van der Waals surface area contributed by atoms with Crippen LogP contribution >= 0.6 is 0 Å². The molecule has 1 aliphatic heterocycles. The van der Waals surface area contributed by atoms with E-state index in [0.29, 0.717) is 0 Å². The third-order valence-electron chi connectivity index (χ3n) is 2.58. The molecule has 0 aromatic carbocycles.